The van der Waals surface area contributed by atoms with Crippen molar-refractivity contribution in [1.82, 2.24) is 0 Å². The van der Waals surface area contributed by atoms with Crippen molar-refractivity contribution < 1.29 is 9.59 Å². The Hall–Kier alpha value is -2.10. The molecule has 0 saturated heterocycles. The van der Waals surface area contributed by atoms with Gasteiger partial charge in [0.25, 0.3) is 0 Å². The number of nitrogens with two attached hydrogens (primary N) is 2. The Bertz CT molecular complexity index is 630. The maximum atomic E-state index is 11.7. The molecule has 4 heteroatoms. The molecule has 0 unspecified atom stereocenters. The molecule has 1 aliphatic rings. The molecule has 0 aliphatic heterocycles. The Morgan fingerprint density at radius 1 is 1.23 bits per heavy atom. The summed E-state index contributed by atoms with van der Waals surface area (Å²) in [5.41, 5.74) is 14.7. The van der Waals surface area contributed by atoms with Crippen molar-refractivity contribution in [2.24, 2.45) is 16.9 Å². The Balaban J connectivity index is 2.34. The molecule has 0 atom stereocenters. The minimum absolute atomic E-state index is 0.306. The third-order valence-electron chi connectivity index (χ3n) is 4.33. The molecule has 1 aliphatic carbocycles. The highest BCUT2D eigenvalue weighted by molar-refractivity contribution is 5.98. The third-order valence-corrected chi connectivity index (χ3v) is 4.33. The van der Waals surface area contributed by atoms with E-state index in [1.165, 1.54) is 5.57 Å². The quantitative estimate of drug-likeness (QED) is 0.876. The van der Waals surface area contributed by atoms with Gasteiger partial charge in [-0.15, -0.1) is 0 Å². The topological polar surface area (TPSA) is 86.2 Å². The molecule has 4 N–H and O–H groups in total. The number of carbonyl (C=O) groups excluding carboxylic acids is 2. The van der Waals surface area contributed by atoms with Crippen molar-refractivity contribution in [3.63, 3.8) is 0 Å². The van der Waals surface area contributed by atoms with Crippen LogP contribution in [0.3, 0.4) is 0 Å². The van der Waals surface area contributed by atoms with Crippen LogP contribution in [0.4, 0.5) is 0 Å². The Morgan fingerprint density at radius 3 is 2.50 bits per heavy atom. The van der Waals surface area contributed by atoms with Gasteiger partial charge in [0, 0.05) is 12.0 Å². The van der Waals surface area contributed by atoms with Crippen LogP contribution in [0.5, 0.6) is 0 Å². The number of aryl methyl sites for hydroxylation is 1. The summed E-state index contributed by atoms with van der Waals surface area (Å²) in [5.74, 6) is -0.735. The van der Waals surface area contributed by atoms with Gasteiger partial charge in [0.15, 0.2) is 0 Å². The zero-order valence-electron chi connectivity index (χ0n) is 13.3. The number of allylic oxidation sites excluding steroid dienone is 2. The summed E-state index contributed by atoms with van der Waals surface area (Å²) in [6.45, 7) is 4.50. The highest BCUT2D eigenvalue weighted by Crippen LogP contribution is 2.38. The number of benzene rings is 1. The predicted molar refractivity (Wildman–Crippen MR) is 88.1 cm³/mol. The van der Waals surface area contributed by atoms with E-state index in [0.717, 1.165) is 30.4 Å². The lowest BCUT2D eigenvalue weighted by Gasteiger charge is -2.29. The first-order chi connectivity index (χ1) is 10.3. The lowest BCUT2D eigenvalue weighted by Crippen LogP contribution is -2.17. The standard InChI is InChI=1S/C18H24N2O2/c1-18(2)9-7-13(8-10-18)15-11-12(4-6-16(19)21)3-5-14(15)17(20)22/h3,5,7,11H,4,6,8-10H2,1-2H3,(H2,19,21)(H2,20,22). The van der Waals surface area contributed by atoms with Gasteiger partial charge in [-0.05, 0) is 53.9 Å². The van der Waals surface area contributed by atoms with Crippen molar-refractivity contribution in [1.29, 1.82) is 0 Å². The molecule has 0 saturated carbocycles. The fourth-order valence-corrected chi connectivity index (χ4v) is 2.82. The maximum absolute atomic E-state index is 11.7. The van der Waals surface area contributed by atoms with Gasteiger partial charge in [-0.3, -0.25) is 9.59 Å². The first-order valence-corrected chi connectivity index (χ1v) is 7.69. The van der Waals surface area contributed by atoms with Crippen molar-refractivity contribution in [3.05, 3.63) is 41.0 Å². The molecule has 1 aromatic rings. The Kier molecular flexibility index (Phi) is 4.69. The van der Waals surface area contributed by atoms with E-state index in [1.54, 1.807) is 6.07 Å². The van der Waals surface area contributed by atoms with Crippen LogP contribution in [0.15, 0.2) is 24.3 Å². The first-order valence-electron chi connectivity index (χ1n) is 7.69. The average Bonchev–Trinajstić information content (AvgIpc) is 2.44. The number of rotatable bonds is 5. The van der Waals surface area contributed by atoms with Crippen LogP contribution in [0.2, 0.25) is 0 Å². The van der Waals surface area contributed by atoms with Gasteiger partial charge in [0.2, 0.25) is 11.8 Å². The van der Waals surface area contributed by atoms with Crippen LogP contribution in [0, 0.1) is 5.41 Å². The Morgan fingerprint density at radius 2 is 1.95 bits per heavy atom. The van der Waals surface area contributed by atoms with Crippen LogP contribution >= 0.6 is 0 Å². The van der Waals surface area contributed by atoms with Crippen molar-refractivity contribution in [2.75, 3.05) is 0 Å². The molecular formula is C18H24N2O2. The van der Waals surface area contributed by atoms with Crippen LogP contribution < -0.4 is 11.5 Å². The molecule has 0 fully saturated rings. The van der Waals surface area contributed by atoms with E-state index in [-0.39, 0.29) is 5.91 Å². The molecule has 22 heavy (non-hydrogen) atoms. The molecular weight excluding hydrogens is 276 g/mol. The second kappa shape index (κ2) is 6.34. The molecule has 0 spiro atoms. The molecule has 0 bridgehead atoms. The molecule has 0 aromatic heterocycles. The average molecular weight is 300 g/mol. The van der Waals surface area contributed by atoms with E-state index in [1.807, 2.05) is 12.1 Å². The summed E-state index contributed by atoms with van der Waals surface area (Å²) in [4.78, 5) is 22.6. The number of amides is 2. The zero-order chi connectivity index (χ0) is 16.3. The van der Waals surface area contributed by atoms with E-state index in [4.69, 9.17) is 11.5 Å². The summed E-state index contributed by atoms with van der Waals surface area (Å²) in [5, 5.41) is 0. The highest BCUT2D eigenvalue weighted by atomic mass is 16.1. The van der Waals surface area contributed by atoms with E-state index in [9.17, 15) is 9.59 Å². The summed E-state index contributed by atoms with van der Waals surface area (Å²) in [7, 11) is 0. The van der Waals surface area contributed by atoms with E-state index < -0.39 is 5.91 Å². The number of primary amides is 2. The van der Waals surface area contributed by atoms with Gasteiger partial charge in [-0.2, -0.15) is 0 Å². The SMILES string of the molecule is CC1(C)CC=C(c2cc(CCC(N)=O)ccc2C(N)=O)CC1. The second-order valence-electron chi connectivity index (χ2n) is 6.81. The maximum Gasteiger partial charge on any atom is 0.249 e. The van der Waals surface area contributed by atoms with Gasteiger partial charge in [0.1, 0.15) is 0 Å². The molecule has 2 amide bonds. The normalized spacial score (nSPS) is 16.9. The number of carbonyl (C=O) groups is 2. The van der Waals surface area contributed by atoms with E-state index in [2.05, 4.69) is 19.9 Å². The highest BCUT2D eigenvalue weighted by Gasteiger charge is 2.23. The van der Waals surface area contributed by atoms with Crippen molar-refractivity contribution in [2.45, 2.75) is 46.0 Å². The van der Waals surface area contributed by atoms with Gasteiger partial charge in [-0.1, -0.05) is 32.1 Å². The molecule has 0 radical (unpaired) electrons. The minimum atomic E-state index is -0.415. The minimum Gasteiger partial charge on any atom is -0.370 e. The molecule has 2 rings (SSSR count). The predicted octanol–water partition coefficient (Wildman–Crippen LogP) is 2.80. The Labute approximate surface area is 131 Å². The smallest absolute Gasteiger partial charge is 0.249 e. The van der Waals surface area contributed by atoms with Gasteiger partial charge >= 0.3 is 0 Å². The number of hydrogen-bond donors (Lipinski definition) is 2. The summed E-state index contributed by atoms with van der Waals surface area (Å²) >= 11 is 0. The fraction of sp³-hybridized carbons (Fsp3) is 0.444. The van der Waals surface area contributed by atoms with Crippen LogP contribution in [-0.4, -0.2) is 11.8 Å². The zero-order valence-corrected chi connectivity index (χ0v) is 13.3. The van der Waals surface area contributed by atoms with E-state index >= 15 is 0 Å². The van der Waals surface area contributed by atoms with E-state index in [0.29, 0.717) is 23.8 Å². The fourth-order valence-electron chi connectivity index (χ4n) is 2.82. The van der Waals surface area contributed by atoms with Crippen LogP contribution in [0.1, 0.15) is 61.0 Å². The van der Waals surface area contributed by atoms with Gasteiger partial charge in [0.05, 0.1) is 0 Å². The van der Waals surface area contributed by atoms with Crippen LogP contribution in [-0.2, 0) is 11.2 Å². The van der Waals surface area contributed by atoms with Crippen molar-refractivity contribution >= 4 is 17.4 Å². The third kappa shape index (κ3) is 3.97. The van der Waals surface area contributed by atoms with Crippen LogP contribution in [0.25, 0.3) is 5.57 Å². The summed E-state index contributed by atoms with van der Waals surface area (Å²) in [6, 6.07) is 5.58. The second-order valence-corrected chi connectivity index (χ2v) is 6.81. The molecule has 118 valence electrons. The largest absolute Gasteiger partial charge is 0.370 e. The lowest BCUT2D eigenvalue weighted by molar-refractivity contribution is -0.117. The summed E-state index contributed by atoms with van der Waals surface area (Å²) < 4.78 is 0. The molecule has 1 aromatic carbocycles. The monoisotopic (exact) mass is 300 g/mol. The lowest BCUT2D eigenvalue weighted by atomic mass is 9.76. The van der Waals surface area contributed by atoms with Crippen molar-refractivity contribution in [3.8, 4) is 0 Å². The molecule has 4 nitrogen and oxygen atoms in total. The number of hydrogen-bond acceptors (Lipinski definition) is 2. The van der Waals surface area contributed by atoms with Gasteiger partial charge in [-0.25, -0.2) is 0 Å². The first kappa shape index (κ1) is 16.3. The van der Waals surface area contributed by atoms with Gasteiger partial charge < -0.3 is 11.5 Å². The molecule has 0 heterocycles. The summed E-state index contributed by atoms with van der Waals surface area (Å²) in [6.07, 6.45) is 6.12.